The van der Waals surface area contributed by atoms with Gasteiger partial charge in [-0.05, 0) is 35.4 Å². The number of nitrogens with zero attached hydrogens (tertiary/aromatic N) is 4. The van der Waals surface area contributed by atoms with Gasteiger partial charge in [0, 0.05) is 33.9 Å². The van der Waals surface area contributed by atoms with Gasteiger partial charge < -0.3 is 14.8 Å². The second kappa shape index (κ2) is 8.02. The number of anilines is 2. The van der Waals surface area contributed by atoms with Gasteiger partial charge >= 0.3 is 5.69 Å². The van der Waals surface area contributed by atoms with Crippen molar-refractivity contribution in [2.24, 2.45) is 14.1 Å². The highest BCUT2D eigenvalue weighted by atomic mass is 16.2. The lowest BCUT2D eigenvalue weighted by atomic mass is 9.99. The van der Waals surface area contributed by atoms with Crippen LogP contribution >= 0.6 is 0 Å². The molecule has 1 N–H and O–H groups in total. The Morgan fingerprint density at radius 2 is 1.47 bits per heavy atom. The summed E-state index contributed by atoms with van der Waals surface area (Å²) in [6.07, 6.45) is 0. The second-order valence-corrected chi connectivity index (χ2v) is 9.45. The van der Waals surface area contributed by atoms with Gasteiger partial charge in [-0.1, -0.05) is 54.6 Å². The zero-order chi connectivity index (χ0) is 25.1. The number of hydrogen-bond donors (Lipinski definition) is 1. The van der Waals surface area contributed by atoms with Crippen LogP contribution in [0.2, 0.25) is 0 Å². The van der Waals surface area contributed by atoms with Crippen LogP contribution in [0.3, 0.4) is 0 Å². The standard InChI is InChI=1S/C29H27N5O2/c1-31(2)20-16-14-18(15-17-20)24-27-26-23(28(35)33(4)29(36)32(26)3)25(19-10-6-5-7-11-19)34(27)22-13-9-8-12-21(22)30-24/h5-17,24,30H,1-4H3/t24-/m1/s1. The molecule has 0 saturated heterocycles. The molecule has 1 aliphatic heterocycles. The molecule has 7 heteroatoms. The molecule has 1 aliphatic rings. The fraction of sp³-hybridized carbons (Fsp3) is 0.172. The first-order valence-electron chi connectivity index (χ1n) is 11.9. The van der Waals surface area contributed by atoms with Crippen molar-refractivity contribution in [3.05, 3.63) is 111 Å². The summed E-state index contributed by atoms with van der Waals surface area (Å²) in [7, 11) is 7.31. The van der Waals surface area contributed by atoms with E-state index in [1.165, 1.54) is 4.57 Å². The molecule has 6 rings (SSSR count). The van der Waals surface area contributed by atoms with Crippen LogP contribution in [0.4, 0.5) is 11.4 Å². The molecule has 1 atom stereocenters. The van der Waals surface area contributed by atoms with Crippen LogP contribution in [0.25, 0.3) is 27.8 Å². The average Bonchev–Trinajstić information content (AvgIpc) is 3.27. The smallest absolute Gasteiger partial charge is 0.331 e. The Kier molecular flexibility index (Phi) is 4.89. The quantitative estimate of drug-likeness (QED) is 0.421. The van der Waals surface area contributed by atoms with E-state index in [2.05, 4.69) is 45.1 Å². The number of para-hydroxylation sites is 2. The summed E-state index contributed by atoms with van der Waals surface area (Å²) >= 11 is 0. The van der Waals surface area contributed by atoms with E-state index >= 15 is 0 Å². The van der Waals surface area contributed by atoms with Gasteiger partial charge in [-0.15, -0.1) is 0 Å². The molecule has 3 heterocycles. The molecule has 5 aromatic rings. The molecule has 0 radical (unpaired) electrons. The number of aromatic nitrogens is 3. The van der Waals surface area contributed by atoms with Gasteiger partial charge in [0.05, 0.1) is 39.7 Å². The number of aryl methyl sites for hydroxylation is 1. The molecule has 0 spiro atoms. The van der Waals surface area contributed by atoms with E-state index in [9.17, 15) is 9.59 Å². The lowest BCUT2D eigenvalue weighted by Crippen LogP contribution is -2.37. The van der Waals surface area contributed by atoms with Crippen molar-refractivity contribution in [1.29, 1.82) is 0 Å². The maximum atomic E-state index is 13.7. The Morgan fingerprint density at radius 3 is 2.17 bits per heavy atom. The van der Waals surface area contributed by atoms with Gasteiger partial charge in [-0.25, -0.2) is 4.79 Å². The normalized spacial score (nSPS) is 14.3. The van der Waals surface area contributed by atoms with Crippen LogP contribution in [0.5, 0.6) is 0 Å². The highest BCUT2D eigenvalue weighted by molar-refractivity contribution is 5.99. The summed E-state index contributed by atoms with van der Waals surface area (Å²) in [6, 6.07) is 26.1. The van der Waals surface area contributed by atoms with Gasteiger partial charge in [0.1, 0.15) is 0 Å². The van der Waals surface area contributed by atoms with Gasteiger partial charge in [-0.3, -0.25) is 13.9 Å². The molecule has 3 aromatic carbocycles. The summed E-state index contributed by atoms with van der Waals surface area (Å²) in [5.41, 5.74) is 6.63. The molecule has 180 valence electrons. The van der Waals surface area contributed by atoms with E-state index in [-0.39, 0.29) is 17.3 Å². The van der Waals surface area contributed by atoms with Crippen LogP contribution in [0.15, 0.2) is 88.5 Å². The Hall–Kier alpha value is -4.52. The molecule has 0 fully saturated rings. The molecule has 0 amide bonds. The first kappa shape index (κ1) is 22.0. The van der Waals surface area contributed by atoms with E-state index in [0.717, 1.165) is 39.6 Å². The largest absolute Gasteiger partial charge is 0.378 e. The van der Waals surface area contributed by atoms with Crippen molar-refractivity contribution in [3.8, 4) is 16.9 Å². The predicted octanol–water partition coefficient (Wildman–Crippen LogP) is 4.28. The van der Waals surface area contributed by atoms with Gasteiger partial charge in [0.2, 0.25) is 0 Å². The van der Waals surface area contributed by atoms with E-state index in [4.69, 9.17) is 0 Å². The average molecular weight is 478 g/mol. The van der Waals surface area contributed by atoms with Crippen molar-refractivity contribution in [2.75, 3.05) is 24.3 Å². The first-order chi connectivity index (χ1) is 17.4. The number of nitrogens with one attached hydrogen (secondary N) is 1. The number of hydrogen-bond acceptors (Lipinski definition) is 4. The molecule has 0 saturated carbocycles. The molecular formula is C29H27N5O2. The fourth-order valence-electron chi connectivity index (χ4n) is 5.30. The highest BCUT2D eigenvalue weighted by Crippen LogP contribution is 2.45. The van der Waals surface area contributed by atoms with E-state index in [1.54, 1.807) is 18.7 Å². The van der Waals surface area contributed by atoms with E-state index in [1.807, 2.05) is 62.6 Å². The number of fused-ring (bicyclic) bond motifs is 5. The summed E-state index contributed by atoms with van der Waals surface area (Å²) in [5, 5.41) is 4.23. The van der Waals surface area contributed by atoms with Gasteiger partial charge in [-0.2, -0.15) is 0 Å². The summed E-state index contributed by atoms with van der Waals surface area (Å²) in [4.78, 5) is 28.9. The van der Waals surface area contributed by atoms with Crippen LogP contribution in [-0.2, 0) is 14.1 Å². The minimum absolute atomic E-state index is 0.270. The minimum atomic E-state index is -0.346. The third-order valence-corrected chi connectivity index (χ3v) is 7.12. The maximum absolute atomic E-state index is 13.7. The molecular weight excluding hydrogens is 450 g/mol. The molecule has 7 nitrogen and oxygen atoms in total. The Labute approximate surface area is 208 Å². The van der Waals surface area contributed by atoms with Crippen molar-refractivity contribution >= 4 is 22.3 Å². The van der Waals surface area contributed by atoms with Crippen molar-refractivity contribution in [1.82, 2.24) is 13.7 Å². The Balaban J connectivity index is 1.80. The third kappa shape index (κ3) is 3.05. The molecule has 2 aromatic heterocycles. The van der Waals surface area contributed by atoms with Crippen LogP contribution in [0, 0.1) is 0 Å². The van der Waals surface area contributed by atoms with Crippen LogP contribution in [-0.4, -0.2) is 27.8 Å². The van der Waals surface area contributed by atoms with Crippen LogP contribution in [0.1, 0.15) is 17.3 Å². The summed E-state index contributed by atoms with van der Waals surface area (Å²) < 4.78 is 4.96. The highest BCUT2D eigenvalue weighted by Gasteiger charge is 2.34. The summed E-state index contributed by atoms with van der Waals surface area (Å²) in [5.74, 6) is 0. The van der Waals surface area contributed by atoms with E-state index < -0.39 is 0 Å². The van der Waals surface area contributed by atoms with Crippen molar-refractivity contribution in [2.45, 2.75) is 6.04 Å². The SMILES string of the molecule is CN(C)c1ccc([C@H]2Nc3ccccc3-n3c(-c4ccccc4)c4c(=O)n(C)c(=O)n(C)c4c32)cc1. The lowest BCUT2D eigenvalue weighted by Gasteiger charge is -2.31. The molecule has 0 unspecified atom stereocenters. The van der Waals surface area contributed by atoms with Gasteiger partial charge in [0.15, 0.2) is 0 Å². The number of rotatable bonds is 3. The molecule has 0 aliphatic carbocycles. The Bertz CT molecular complexity index is 1740. The maximum Gasteiger partial charge on any atom is 0.331 e. The van der Waals surface area contributed by atoms with Crippen LogP contribution < -0.4 is 21.5 Å². The minimum Gasteiger partial charge on any atom is -0.378 e. The third-order valence-electron chi connectivity index (χ3n) is 7.12. The zero-order valence-corrected chi connectivity index (χ0v) is 20.7. The van der Waals surface area contributed by atoms with E-state index in [0.29, 0.717) is 10.9 Å². The monoisotopic (exact) mass is 477 g/mol. The van der Waals surface area contributed by atoms with Crippen molar-refractivity contribution in [3.63, 3.8) is 0 Å². The predicted molar refractivity (Wildman–Crippen MR) is 145 cm³/mol. The fourth-order valence-corrected chi connectivity index (χ4v) is 5.30. The molecule has 0 bridgehead atoms. The van der Waals surface area contributed by atoms with Gasteiger partial charge in [0.25, 0.3) is 5.56 Å². The topological polar surface area (TPSA) is 64.2 Å². The Morgan fingerprint density at radius 1 is 0.806 bits per heavy atom. The second-order valence-electron chi connectivity index (χ2n) is 9.45. The first-order valence-corrected chi connectivity index (χ1v) is 11.9. The molecule has 36 heavy (non-hydrogen) atoms. The number of benzene rings is 3. The lowest BCUT2D eigenvalue weighted by molar-refractivity contribution is 0.708. The zero-order valence-electron chi connectivity index (χ0n) is 20.7. The summed E-state index contributed by atoms with van der Waals surface area (Å²) in [6.45, 7) is 0. The van der Waals surface area contributed by atoms with Crippen molar-refractivity contribution < 1.29 is 0 Å².